The Labute approximate surface area is 172 Å². The topological polar surface area (TPSA) is 91.8 Å². The molecule has 0 amide bonds. The first-order chi connectivity index (χ1) is 13.4. The quantitative estimate of drug-likeness (QED) is 0.295. The highest BCUT2D eigenvalue weighted by atomic mass is 35.5. The first-order valence-corrected chi connectivity index (χ1v) is 9.24. The predicted octanol–water partition coefficient (Wildman–Crippen LogP) is 6.14. The van der Waals surface area contributed by atoms with Gasteiger partial charge in [0.05, 0.1) is 26.3 Å². The van der Waals surface area contributed by atoms with E-state index in [4.69, 9.17) is 23.2 Å². The Hall–Kier alpha value is -2.99. The first-order valence-electron chi connectivity index (χ1n) is 7.61. The van der Waals surface area contributed by atoms with Crippen molar-refractivity contribution in [1.29, 1.82) is 5.26 Å². The number of thiazole rings is 1. The SMILES string of the molecule is N#C/C(=C\Nc1cc([N+](=O)[O-])ccc1F)c1nc(-c2ccc(Cl)c(Cl)c2)cs1. The first kappa shape index (κ1) is 19.8. The molecule has 0 unspecified atom stereocenters. The summed E-state index contributed by atoms with van der Waals surface area (Å²) in [7, 11) is 0. The van der Waals surface area contributed by atoms with Gasteiger partial charge in [0.15, 0.2) is 0 Å². The zero-order valence-electron chi connectivity index (χ0n) is 13.8. The van der Waals surface area contributed by atoms with E-state index in [1.54, 1.807) is 23.6 Å². The molecule has 28 heavy (non-hydrogen) atoms. The van der Waals surface area contributed by atoms with Gasteiger partial charge in [-0.1, -0.05) is 29.3 Å². The summed E-state index contributed by atoms with van der Waals surface area (Å²) >= 11 is 13.1. The van der Waals surface area contributed by atoms with Crippen molar-refractivity contribution >= 4 is 51.5 Å². The van der Waals surface area contributed by atoms with Crippen LogP contribution >= 0.6 is 34.5 Å². The minimum atomic E-state index is -0.685. The Balaban J connectivity index is 1.87. The van der Waals surface area contributed by atoms with Gasteiger partial charge >= 0.3 is 0 Å². The lowest BCUT2D eigenvalue weighted by Gasteiger charge is -2.03. The number of nitrogens with one attached hydrogen (secondary N) is 1. The molecular formula is C18H9Cl2FN4O2S. The van der Waals surface area contributed by atoms with E-state index in [1.165, 1.54) is 17.5 Å². The number of hydrogen-bond donors (Lipinski definition) is 1. The van der Waals surface area contributed by atoms with Crippen LogP contribution in [0.5, 0.6) is 0 Å². The Morgan fingerprint density at radius 3 is 2.75 bits per heavy atom. The Morgan fingerprint density at radius 1 is 1.29 bits per heavy atom. The molecule has 6 nitrogen and oxygen atoms in total. The molecule has 0 aliphatic carbocycles. The third-order valence-corrected chi connectivity index (χ3v) is 5.22. The number of non-ortho nitro benzene ring substituents is 1. The van der Waals surface area contributed by atoms with Gasteiger partial charge in [-0.2, -0.15) is 5.26 Å². The number of nitriles is 1. The Kier molecular flexibility index (Phi) is 5.90. The van der Waals surface area contributed by atoms with E-state index in [0.29, 0.717) is 20.7 Å². The van der Waals surface area contributed by atoms with Crippen LogP contribution in [0.4, 0.5) is 15.8 Å². The van der Waals surface area contributed by atoms with Crippen LogP contribution in [0, 0.1) is 27.3 Å². The molecular weight excluding hydrogens is 426 g/mol. The van der Waals surface area contributed by atoms with Crippen LogP contribution in [-0.4, -0.2) is 9.91 Å². The predicted molar refractivity (Wildman–Crippen MR) is 108 cm³/mol. The summed E-state index contributed by atoms with van der Waals surface area (Å²) in [5.74, 6) is -0.685. The maximum Gasteiger partial charge on any atom is 0.271 e. The molecule has 0 saturated heterocycles. The highest BCUT2D eigenvalue weighted by Gasteiger charge is 2.13. The van der Waals surface area contributed by atoms with E-state index in [0.717, 1.165) is 23.8 Å². The number of nitro groups is 1. The van der Waals surface area contributed by atoms with E-state index in [-0.39, 0.29) is 16.9 Å². The zero-order chi connectivity index (χ0) is 20.3. The van der Waals surface area contributed by atoms with Gasteiger partial charge in [0, 0.05) is 29.3 Å². The highest BCUT2D eigenvalue weighted by Crippen LogP contribution is 2.31. The van der Waals surface area contributed by atoms with E-state index in [1.807, 2.05) is 6.07 Å². The second kappa shape index (κ2) is 8.35. The fourth-order valence-electron chi connectivity index (χ4n) is 2.21. The molecule has 1 N–H and O–H groups in total. The van der Waals surface area contributed by atoms with E-state index < -0.39 is 10.7 Å². The molecule has 1 heterocycles. The molecule has 0 saturated carbocycles. The van der Waals surface area contributed by atoms with Gasteiger partial charge in [-0.05, 0) is 18.2 Å². The van der Waals surface area contributed by atoms with Gasteiger partial charge in [0.1, 0.15) is 22.5 Å². The van der Waals surface area contributed by atoms with Crippen molar-refractivity contribution in [3.8, 4) is 17.3 Å². The molecule has 0 radical (unpaired) electrons. The Morgan fingerprint density at radius 2 is 2.07 bits per heavy atom. The summed E-state index contributed by atoms with van der Waals surface area (Å²) in [5.41, 5.74) is 1.07. The summed E-state index contributed by atoms with van der Waals surface area (Å²) in [4.78, 5) is 14.6. The largest absolute Gasteiger partial charge is 0.358 e. The molecule has 0 fully saturated rings. The van der Waals surface area contributed by atoms with Crippen LogP contribution in [0.2, 0.25) is 10.0 Å². The fourth-order valence-corrected chi connectivity index (χ4v) is 3.31. The van der Waals surface area contributed by atoms with Crippen molar-refractivity contribution in [3.05, 3.63) is 79.0 Å². The molecule has 0 spiro atoms. The van der Waals surface area contributed by atoms with Crippen molar-refractivity contribution in [3.63, 3.8) is 0 Å². The molecule has 2 aromatic carbocycles. The van der Waals surface area contributed by atoms with E-state index >= 15 is 0 Å². The zero-order valence-corrected chi connectivity index (χ0v) is 16.1. The molecule has 140 valence electrons. The normalized spacial score (nSPS) is 11.1. The van der Waals surface area contributed by atoms with Crippen LogP contribution in [-0.2, 0) is 0 Å². The van der Waals surface area contributed by atoms with Crippen LogP contribution in [0.3, 0.4) is 0 Å². The minimum absolute atomic E-state index is 0.122. The molecule has 0 aliphatic rings. The number of aromatic nitrogens is 1. The summed E-state index contributed by atoms with van der Waals surface area (Å²) in [5, 5.41) is 25.7. The number of allylic oxidation sites excluding steroid dienone is 1. The van der Waals surface area contributed by atoms with Gasteiger partial charge in [-0.3, -0.25) is 10.1 Å². The number of anilines is 1. The fraction of sp³-hybridized carbons (Fsp3) is 0. The lowest BCUT2D eigenvalue weighted by Crippen LogP contribution is -1.96. The minimum Gasteiger partial charge on any atom is -0.358 e. The van der Waals surface area contributed by atoms with Gasteiger partial charge in [0.25, 0.3) is 5.69 Å². The summed E-state index contributed by atoms with van der Waals surface area (Å²) in [6.07, 6.45) is 1.25. The third-order valence-electron chi connectivity index (χ3n) is 3.60. The summed E-state index contributed by atoms with van der Waals surface area (Å²) in [6.45, 7) is 0. The van der Waals surface area contributed by atoms with Gasteiger partial charge in [-0.25, -0.2) is 9.37 Å². The maximum atomic E-state index is 13.9. The van der Waals surface area contributed by atoms with Crippen molar-refractivity contribution in [2.75, 3.05) is 5.32 Å². The van der Waals surface area contributed by atoms with Crippen molar-refractivity contribution in [1.82, 2.24) is 4.98 Å². The summed E-state index contributed by atoms with van der Waals surface area (Å²) < 4.78 is 13.9. The van der Waals surface area contributed by atoms with Crippen LogP contribution in [0.1, 0.15) is 5.01 Å². The maximum absolute atomic E-state index is 13.9. The van der Waals surface area contributed by atoms with Crippen LogP contribution < -0.4 is 5.32 Å². The molecule has 3 rings (SSSR count). The second-order valence-corrected chi connectivity index (χ2v) is 7.07. The number of nitro benzene ring substituents is 1. The smallest absolute Gasteiger partial charge is 0.271 e. The highest BCUT2D eigenvalue weighted by molar-refractivity contribution is 7.11. The number of rotatable bonds is 5. The van der Waals surface area contributed by atoms with Gasteiger partial charge < -0.3 is 5.32 Å². The molecule has 0 aliphatic heterocycles. The molecule has 3 aromatic rings. The monoisotopic (exact) mass is 434 g/mol. The number of halogens is 3. The average Bonchev–Trinajstić information content (AvgIpc) is 3.15. The van der Waals surface area contributed by atoms with E-state index in [2.05, 4.69) is 10.3 Å². The average molecular weight is 435 g/mol. The van der Waals surface area contributed by atoms with Crippen molar-refractivity contribution in [2.45, 2.75) is 0 Å². The molecule has 0 bridgehead atoms. The molecule has 10 heteroatoms. The van der Waals surface area contributed by atoms with Gasteiger partial charge in [0.2, 0.25) is 0 Å². The molecule has 1 aromatic heterocycles. The van der Waals surface area contributed by atoms with Crippen molar-refractivity contribution in [2.24, 2.45) is 0 Å². The lowest BCUT2D eigenvalue weighted by molar-refractivity contribution is -0.384. The third kappa shape index (κ3) is 4.28. The van der Waals surface area contributed by atoms with Crippen LogP contribution in [0.15, 0.2) is 48.0 Å². The second-order valence-electron chi connectivity index (χ2n) is 5.40. The standard InChI is InChI=1S/C18H9Cl2FN4O2S/c19-13-3-1-10(5-14(13)20)17-9-28-18(24-17)11(7-22)8-23-16-6-12(25(26)27)2-4-15(16)21/h1-6,8-9,23H/b11-8+. The lowest BCUT2D eigenvalue weighted by atomic mass is 10.2. The van der Waals surface area contributed by atoms with Gasteiger partial charge in [-0.15, -0.1) is 11.3 Å². The number of nitrogens with zero attached hydrogens (tertiary/aromatic N) is 3. The van der Waals surface area contributed by atoms with E-state index in [9.17, 15) is 19.8 Å². The number of benzene rings is 2. The number of hydrogen-bond acceptors (Lipinski definition) is 6. The summed E-state index contributed by atoms with van der Waals surface area (Å²) in [6, 6.07) is 10.1. The molecule has 0 atom stereocenters. The van der Waals surface area contributed by atoms with Crippen LogP contribution in [0.25, 0.3) is 16.8 Å². The Bertz CT molecular complexity index is 1140. The van der Waals surface area contributed by atoms with Crippen molar-refractivity contribution < 1.29 is 9.31 Å².